The molecule has 1 amide bonds. The summed E-state index contributed by atoms with van der Waals surface area (Å²) in [5.41, 5.74) is -2.85. The van der Waals surface area contributed by atoms with E-state index >= 15 is 0 Å². The number of nitro groups is 1. The molecule has 2 saturated heterocycles. The average Bonchev–Trinajstić information content (AvgIpc) is 3.15. The Labute approximate surface area is 190 Å². The fraction of sp³-hybridized carbons (Fsp3) is 0.381. The van der Waals surface area contributed by atoms with Crippen LogP contribution in [0.15, 0.2) is 36.4 Å². The summed E-state index contributed by atoms with van der Waals surface area (Å²) in [5, 5.41) is 23.2. The van der Waals surface area contributed by atoms with Gasteiger partial charge in [0.25, 0.3) is 5.69 Å². The van der Waals surface area contributed by atoms with Gasteiger partial charge < -0.3 is 20.1 Å². The zero-order chi connectivity index (χ0) is 24.6. The summed E-state index contributed by atoms with van der Waals surface area (Å²) in [6.45, 7) is 0.810. The molecule has 2 atom stereocenters. The molecule has 0 radical (unpaired) electrons. The lowest BCUT2D eigenvalue weighted by Crippen LogP contribution is -2.56. The van der Waals surface area contributed by atoms with Gasteiger partial charge in [-0.25, -0.2) is 9.18 Å². The number of nitrogens with one attached hydrogen (secondary N) is 1. The maximum absolute atomic E-state index is 14.3. The molecule has 0 bridgehead atoms. The van der Waals surface area contributed by atoms with Crippen LogP contribution in [0.1, 0.15) is 12.0 Å². The van der Waals surface area contributed by atoms with Gasteiger partial charge in [0.1, 0.15) is 17.0 Å². The van der Waals surface area contributed by atoms with E-state index in [0.717, 1.165) is 24.3 Å². The highest BCUT2D eigenvalue weighted by Gasteiger charge is 2.46. The van der Waals surface area contributed by atoms with Crippen molar-refractivity contribution < 1.29 is 37.1 Å². The van der Waals surface area contributed by atoms with E-state index in [0.29, 0.717) is 13.0 Å². The number of hydrogen-bond acceptors (Lipinski definition) is 6. The number of amides is 1. The van der Waals surface area contributed by atoms with Crippen molar-refractivity contribution in [3.63, 3.8) is 0 Å². The van der Waals surface area contributed by atoms with Gasteiger partial charge in [0.2, 0.25) is 0 Å². The normalized spacial score (nSPS) is 20.6. The molecule has 2 heterocycles. The molecular weight excluding hydrogens is 464 g/mol. The van der Waals surface area contributed by atoms with Crippen molar-refractivity contribution in [2.45, 2.75) is 24.7 Å². The van der Waals surface area contributed by atoms with Crippen LogP contribution in [0.4, 0.5) is 33.7 Å². The first-order valence-corrected chi connectivity index (χ1v) is 10.4. The van der Waals surface area contributed by atoms with Crippen LogP contribution in [0.2, 0.25) is 0 Å². The summed E-state index contributed by atoms with van der Waals surface area (Å²) in [4.78, 5) is 25.1. The fourth-order valence-electron chi connectivity index (χ4n) is 4.57. The maximum atomic E-state index is 14.3. The number of halogens is 4. The van der Waals surface area contributed by atoms with Crippen LogP contribution in [0.5, 0.6) is 11.5 Å². The summed E-state index contributed by atoms with van der Waals surface area (Å²) in [6.07, 6.45) is -5.85. The van der Waals surface area contributed by atoms with E-state index in [4.69, 9.17) is 9.84 Å². The highest BCUT2D eigenvalue weighted by molar-refractivity contribution is 5.73. The molecule has 2 fully saturated rings. The quantitative estimate of drug-likeness (QED) is 0.374. The van der Waals surface area contributed by atoms with Crippen molar-refractivity contribution in [1.29, 1.82) is 0 Å². The Bertz CT molecular complexity index is 1110. The first kappa shape index (κ1) is 23.5. The van der Waals surface area contributed by atoms with Crippen LogP contribution in [0, 0.1) is 15.9 Å². The van der Waals surface area contributed by atoms with Crippen LogP contribution in [-0.2, 0) is 6.18 Å². The minimum atomic E-state index is -5.06. The largest absolute Gasteiger partial charge is 0.465 e. The lowest BCUT2D eigenvalue weighted by atomic mass is 10.0. The van der Waals surface area contributed by atoms with E-state index in [9.17, 15) is 32.5 Å². The second-order valence-corrected chi connectivity index (χ2v) is 7.99. The molecule has 0 aliphatic carbocycles. The third-order valence-electron chi connectivity index (χ3n) is 6.01. The van der Waals surface area contributed by atoms with Gasteiger partial charge in [0.05, 0.1) is 11.0 Å². The number of benzene rings is 2. The summed E-state index contributed by atoms with van der Waals surface area (Å²) in [7, 11) is 0. The molecule has 2 aromatic rings. The predicted molar refractivity (Wildman–Crippen MR) is 112 cm³/mol. The van der Waals surface area contributed by atoms with E-state index in [-0.39, 0.29) is 19.6 Å². The Kier molecular flexibility index (Phi) is 6.21. The van der Waals surface area contributed by atoms with Gasteiger partial charge in [0.15, 0.2) is 11.6 Å². The molecule has 182 valence electrons. The van der Waals surface area contributed by atoms with E-state index in [1.807, 2.05) is 4.90 Å². The minimum Gasteiger partial charge on any atom is -0.465 e. The van der Waals surface area contributed by atoms with Gasteiger partial charge in [-0.3, -0.25) is 15.0 Å². The number of fused-ring (bicyclic) bond motifs is 1. The SMILES string of the molecule is O=C(O)N[C@@H]1CCN2CCN(c3c([N+](=O)[O-])ccc(Oc4ccccc4F)c3C(F)(F)F)C[C@@H]12. The summed E-state index contributed by atoms with van der Waals surface area (Å²) < 4.78 is 62.2. The molecule has 0 aromatic heterocycles. The van der Waals surface area contributed by atoms with Crippen molar-refractivity contribution in [3.8, 4) is 11.5 Å². The predicted octanol–water partition coefficient (Wildman–Crippen LogP) is 4.08. The minimum absolute atomic E-state index is 0.0450. The van der Waals surface area contributed by atoms with Gasteiger partial charge in [-0.2, -0.15) is 13.2 Å². The van der Waals surface area contributed by atoms with Crippen LogP contribution >= 0.6 is 0 Å². The summed E-state index contributed by atoms with van der Waals surface area (Å²) in [6, 6.07) is 5.59. The van der Waals surface area contributed by atoms with Gasteiger partial charge in [-0.1, -0.05) is 12.1 Å². The molecule has 2 aliphatic rings. The highest BCUT2D eigenvalue weighted by atomic mass is 19.4. The van der Waals surface area contributed by atoms with Crippen molar-refractivity contribution in [3.05, 3.63) is 57.9 Å². The van der Waals surface area contributed by atoms with E-state index in [1.165, 1.54) is 17.0 Å². The van der Waals surface area contributed by atoms with Crippen molar-refractivity contribution in [1.82, 2.24) is 10.2 Å². The number of para-hydroxylation sites is 1. The van der Waals surface area contributed by atoms with Crippen LogP contribution < -0.4 is 15.0 Å². The first-order chi connectivity index (χ1) is 16.1. The molecular formula is C21H20F4N4O5. The lowest BCUT2D eigenvalue weighted by molar-refractivity contribution is -0.384. The van der Waals surface area contributed by atoms with Crippen LogP contribution in [-0.4, -0.2) is 59.3 Å². The number of ether oxygens (including phenoxy) is 1. The topological polar surface area (TPSA) is 108 Å². The van der Waals surface area contributed by atoms with Crippen molar-refractivity contribution >= 4 is 17.5 Å². The smallest absolute Gasteiger partial charge is 0.422 e. The van der Waals surface area contributed by atoms with Gasteiger partial charge >= 0.3 is 12.3 Å². The Balaban J connectivity index is 1.79. The Morgan fingerprint density at radius 2 is 1.88 bits per heavy atom. The molecule has 13 heteroatoms. The second-order valence-electron chi connectivity index (χ2n) is 7.99. The number of alkyl halides is 3. The molecule has 2 N–H and O–H groups in total. The Morgan fingerprint density at radius 3 is 2.53 bits per heavy atom. The first-order valence-electron chi connectivity index (χ1n) is 10.4. The molecule has 9 nitrogen and oxygen atoms in total. The lowest BCUT2D eigenvalue weighted by Gasteiger charge is -2.41. The number of rotatable bonds is 5. The second kappa shape index (κ2) is 8.97. The average molecular weight is 484 g/mol. The molecule has 0 saturated carbocycles. The van der Waals surface area contributed by atoms with E-state index in [2.05, 4.69) is 5.32 Å². The Hall–Kier alpha value is -3.61. The summed E-state index contributed by atoms with van der Waals surface area (Å²) in [5.74, 6) is -2.12. The Morgan fingerprint density at radius 1 is 1.15 bits per heavy atom. The number of carbonyl (C=O) groups is 1. The number of piperazine rings is 1. The number of nitrogens with zero attached hydrogens (tertiary/aromatic N) is 3. The van der Waals surface area contributed by atoms with Crippen molar-refractivity contribution in [2.75, 3.05) is 31.1 Å². The molecule has 0 unspecified atom stereocenters. The monoisotopic (exact) mass is 484 g/mol. The zero-order valence-corrected chi connectivity index (χ0v) is 17.6. The molecule has 0 spiro atoms. The fourth-order valence-corrected chi connectivity index (χ4v) is 4.57. The number of carboxylic acid groups (broad SMARTS) is 1. The van der Waals surface area contributed by atoms with E-state index < -0.39 is 63.5 Å². The summed E-state index contributed by atoms with van der Waals surface area (Å²) >= 11 is 0. The standard InChI is InChI=1S/C21H20F4N4O5/c22-12-3-1-2-4-16(12)34-17-6-5-14(29(32)33)19(18(17)21(23,24)25)28-10-9-27-8-7-13(15(27)11-28)26-20(30)31/h1-6,13,15,26H,7-11H2,(H,30,31)/t13-,15+/m1/s1. The van der Waals surface area contributed by atoms with E-state index in [1.54, 1.807) is 0 Å². The maximum Gasteiger partial charge on any atom is 0.422 e. The van der Waals surface area contributed by atoms with Crippen LogP contribution in [0.25, 0.3) is 0 Å². The third kappa shape index (κ3) is 4.55. The number of anilines is 1. The number of hydrogen-bond donors (Lipinski definition) is 2. The number of nitro benzene ring substituents is 1. The molecule has 2 aromatic carbocycles. The van der Waals surface area contributed by atoms with Gasteiger partial charge in [0, 0.05) is 38.3 Å². The third-order valence-corrected chi connectivity index (χ3v) is 6.01. The molecule has 4 rings (SSSR count). The molecule has 34 heavy (non-hydrogen) atoms. The van der Waals surface area contributed by atoms with Crippen molar-refractivity contribution in [2.24, 2.45) is 0 Å². The molecule has 2 aliphatic heterocycles. The van der Waals surface area contributed by atoms with Crippen LogP contribution in [0.3, 0.4) is 0 Å². The zero-order valence-electron chi connectivity index (χ0n) is 17.6. The van der Waals surface area contributed by atoms with Gasteiger partial charge in [-0.15, -0.1) is 0 Å². The highest BCUT2D eigenvalue weighted by Crippen LogP contribution is 2.49. The van der Waals surface area contributed by atoms with Gasteiger partial charge in [-0.05, 0) is 24.6 Å².